The minimum atomic E-state index is -0.354. The number of imidazole rings is 1. The highest BCUT2D eigenvalue weighted by atomic mass is 35.5. The maximum absolute atomic E-state index is 6.48. The summed E-state index contributed by atoms with van der Waals surface area (Å²) < 4.78 is 20.4. The van der Waals surface area contributed by atoms with E-state index in [2.05, 4.69) is 4.98 Å². The zero-order chi connectivity index (χ0) is 21.6. The van der Waals surface area contributed by atoms with E-state index < -0.39 is 0 Å². The standard InChI is InChI=1S/C23H23Cl3N2O3/c24-16-4-7-18(8-5-16)29-14-19-2-1-3-23(30-19)31-22(13-28-11-10-27-15-28)20-9-6-17(25)12-21(20)26/h4-12,15,19,22-23H,1-3,13-14H2. The molecule has 0 bridgehead atoms. The highest BCUT2D eigenvalue weighted by Crippen LogP contribution is 2.33. The first-order chi connectivity index (χ1) is 15.1. The van der Waals surface area contributed by atoms with E-state index in [1.54, 1.807) is 30.7 Å². The molecule has 0 spiro atoms. The minimum absolute atomic E-state index is 0.0518. The molecule has 0 aliphatic carbocycles. The van der Waals surface area contributed by atoms with Crippen LogP contribution in [0.15, 0.2) is 61.2 Å². The van der Waals surface area contributed by atoms with Gasteiger partial charge in [-0.15, -0.1) is 0 Å². The first-order valence-electron chi connectivity index (χ1n) is 10.2. The molecule has 0 radical (unpaired) electrons. The van der Waals surface area contributed by atoms with Crippen molar-refractivity contribution in [2.75, 3.05) is 6.61 Å². The SMILES string of the molecule is Clc1ccc(OCC2CCCC(OC(Cn3ccnc3)c3ccc(Cl)cc3Cl)O2)cc1. The van der Waals surface area contributed by atoms with Crippen molar-refractivity contribution < 1.29 is 14.2 Å². The summed E-state index contributed by atoms with van der Waals surface area (Å²) in [5.41, 5.74) is 0.864. The Morgan fingerprint density at radius 1 is 1.06 bits per heavy atom. The van der Waals surface area contributed by atoms with Gasteiger partial charge in [0.15, 0.2) is 6.29 Å². The molecule has 0 N–H and O–H groups in total. The Balaban J connectivity index is 1.41. The molecule has 1 aliphatic rings. The summed E-state index contributed by atoms with van der Waals surface area (Å²) >= 11 is 18.5. The van der Waals surface area contributed by atoms with Crippen LogP contribution in [0.2, 0.25) is 15.1 Å². The quantitative estimate of drug-likeness (QED) is 0.365. The number of benzene rings is 2. The van der Waals surface area contributed by atoms with Gasteiger partial charge >= 0.3 is 0 Å². The predicted molar refractivity (Wildman–Crippen MR) is 122 cm³/mol. The third-order valence-electron chi connectivity index (χ3n) is 5.12. The van der Waals surface area contributed by atoms with Crippen LogP contribution >= 0.6 is 34.8 Å². The molecular formula is C23H23Cl3N2O3. The molecule has 8 heteroatoms. The van der Waals surface area contributed by atoms with Gasteiger partial charge in [0.25, 0.3) is 0 Å². The van der Waals surface area contributed by atoms with Crippen LogP contribution in [0.1, 0.15) is 30.9 Å². The van der Waals surface area contributed by atoms with Crippen molar-refractivity contribution in [3.63, 3.8) is 0 Å². The highest BCUT2D eigenvalue weighted by Gasteiger charge is 2.28. The molecule has 1 aromatic heterocycles. The number of hydrogen-bond donors (Lipinski definition) is 0. The Kier molecular flexibility index (Phi) is 7.75. The van der Waals surface area contributed by atoms with Gasteiger partial charge in [-0.1, -0.05) is 40.9 Å². The van der Waals surface area contributed by atoms with E-state index in [-0.39, 0.29) is 18.5 Å². The van der Waals surface area contributed by atoms with Crippen LogP contribution < -0.4 is 4.74 Å². The van der Waals surface area contributed by atoms with Crippen molar-refractivity contribution in [1.82, 2.24) is 9.55 Å². The monoisotopic (exact) mass is 480 g/mol. The van der Waals surface area contributed by atoms with Crippen molar-refractivity contribution in [2.24, 2.45) is 0 Å². The average molecular weight is 482 g/mol. The van der Waals surface area contributed by atoms with Crippen molar-refractivity contribution in [3.8, 4) is 5.75 Å². The lowest BCUT2D eigenvalue weighted by Gasteiger charge is -2.33. The second-order valence-corrected chi connectivity index (χ2v) is 8.71. The van der Waals surface area contributed by atoms with E-state index in [1.807, 2.05) is 35.0 Å². The molecule has 5 nitrogen and oxygen atoms in total. The molecule has 1 saturated heterocycles. The molecule has 3 unspecified atom stereocenters. The van der Waals surface area contributed by atoms with E-state index in [0.717, 1.165) is 30.6 Å². The largest absolute Gasteiger partial charge is 0.491 e. The van der Waals surface area contributed by atoms with Crippen LogP contribution in [0.25, 0.3) is 0 Å². The average Bonchev–Trinajstić information content (AvgIpc) is 3.26. The lowest BCUT2D eigenvalue weighted by Crippen LogP contribution is -2.35. The summed E-state index contributed by atoms with van der Waals surface area (Å²) in [6.45, 7) is 1.02. The van der Waals surface area contributed by atoms with Gasteiger partial charge in [-0.2, -0.15) is 0 Å². The Morgan fingerprint density at radius 2 is 1.87 bits per heavy atom. The number of halogens is 3. The number of aromatic nitrogens is 2. The molecule has 3 atom stereocenters. The van der Waals surface area contributed by atoms with Gasteiger partial charge in [-0.25, -0.2) is 4.98 Å². The van der Waals surface area contributed by atoms with E-state index >= 15 is 0 Å². The minimum Gasteiger partial charge on any atom is -0.491 e. The number of ether oxygens (including phenoxy) is 3. The Morgan fingerprint density at radius 3 is 2.61 bits per heavy atom. The molecular weight excluding hydrogens is 459 g/mol. The first-order valence-corrected chi connectivity index (χ1v) is 11.3. The second-order valence-electron chi connectivity index (χ2n) is 7.43. The van der Waals surface area contributed by atoms with Crippen molar-refractivity contribution >= 4 is 34.8 Å². The van der Waals surface area contributed by atoms with Gasteiger partial charge in [0.2, 0.25) is 0 Å². The second kappa shape index (κ2) is 10.7. The molecule has 1 fully saturated rings. The molecule has 0 amide bonds. The van der Waals surface area contributed by atoms with Crippen LogP contribution in [0.5, 0.6) is 5.75 Å². The Bertz CT molecular complexity index is 967. The van der Waals surface area contributed by atoms with Crippen LogP contribution in [0.4, 0.5) is 0 Å². The van der Waals surface area contributed by atoms with Gasteiger partial charge < -0.3 is 18.8 Å². The smallest absolute Gasteiger partial charge is 0.159 e. The van der Waals surface area contributed by atoms with Crippen LogP contribution in [-0.2, 0) is 16.0 Å². The normalized spacial score (nSPS) is 19.8. The van der Waals surface area contributed by atoms with Gasteiger partial charge in [0.05, 0.1) is 19.0 Å². The summed E-state index contributed by atoms with van der Waals surface area (Å²) in [6.07, 6.45) is 7.39. The van der Waals surface area contributed by atoms with Crippen molar-refractivity contribution in [3.05, 3.63) is 81.8 Å². The van der Waals surface area contributed by atoms with E-state index in [4.69, 9.17) is 49.0 Å². The molecule has 3 aromatic rings. The molecule has 31 heavy (non-hydrogen) atoms. The third kappa shape index (κ3) is 6.37. The number of rotatable bonds is 8. The summed E-state index contributed by atoms with van der Waals surface area (Å²) in [4.78, 5) is 4.12. The van der Waals surface area contributed by atoms with Crippen molar-refractivity contribution in [2.45, 2.75) is 44.3 Å². The fourth-order valence-electron chi connectivity index (χ4n) is 3.55. The van der Waals surface area contributed by atoms with Crippen LogP contribution in [0, 0.1) is 0 Å². The summed E-state index contributed by atoms with van der Waals surface area (Å²) in [5.74, 6) is 0.766. The summed E-state index contributed by atoms with van der Waals surface area (Å²) in [6, 6.07) is 12.8. The maximum atomic E-state index is 6.48. The predicted octanol–water partition coefficient (Wildman–Crippen LogP) is 6.58. The van der Waals surface area contributed by atoms with E-state index in [9.17, 15) is 0 Å². The van der Waals surface area contributed by atoms with E-state index in [1.165, 1.54) is 0 Å². The van der Waals surface area contributed by atoms with Gasteiger partial charge in [-0.05, 0) is 55.7 Å². The molecule has 2 aromatic carbocycles. The zero-order valence-corrected chi connectivity index (χ0v) is 19.1. The van der Waals surface area contributed by atoms with Crippen LogP contribution in [0.3, 0.4) is 0 Å². The van der Waals surface area contributed by atoms with Gasteiger partial charge in [0.1, 0.15) is 18.5 Å². The summed E-state index contributed by atoms with van der Waals surface area (Å²) in [7, 11) is 0. The van der Waals surface area contributed by atoms with Crippen molar-refractivity contribution in [1.29, 1.82) is 0 Å². The molecule has 1 aliphatic heterocycles. The third-order valence-corrected chi connectivity index (χ3v) is 5.94. The Labute approximate surface area is 196 Å². The van der Waals surface area contributed by atoms with Crippen LogP contribution in [-0.4, -0.2) is 28.6 Å². The molecule has 164 valence electrons. The number of nitrogens with zero attached hydrogens (tertiary/aromatic N) is 2. The highest BCUT2D eigenvalue weighted by molar-refractivity contribution is 6.35. The maximum Gasteiger partial charge on any atom is 0.159 e. The Hall–Kier alpha value is -1.76. The molecule has 0 saturated carbocycles. The molecule has 2 heterocycles. The van der Waals surface area contributed by atoms with Gasteiger partial charge in [-0.3, -0.25) is 0 Å². The number of hydrogen-bond acceptors (Lipinski definition) is 4. The lowest BCUT2D eigenvalue weighted by molar-refractivity contribution is -0.223. The van der Waals surface area contributed by atoms with Gasteiger partial charge in [0, 0.05) is 33.0 Å². The lowest BCUT2D eigenvalue weighted by atomic mass is 10.1. The fraction of sp³-hybridized carbons (Fsp3) is 0.348. The fourth-order valence-corrected chi connectivity index (χ4v) is 4.21. The molecule has 4 rings (SSSR count). The topological polar surface area (TPSA) is 45.5 Å². The first kappa shape index (κ1) is 22.4. The van der Waals surface area contributed by atoms with E-state index in [0.29, 0.717) is 28.2 Å². The summed E-state index contributed by atoms with van der Waals surface area (Å²) in [5, 5.41) is 1.83. The zero-order valence-electron chi connectivity index (χ0n) is 16.8.